The fourth-order valence-electron chi connectivity index (χ4n) is 3.55. The second-order valence-corrected chi connectivity index (χ2v) is 5.67. The Kier molecular flexibility index (Phi) is 2.49. The van der Waals surface area contributed by atoms with Gasteiger partial charge in [0.25, 0.3) is 0 Å². The first-order valence-corrected chi connectivity index (χ1v) is 7.23. The van der Waals surface area contributed by atoms with Crippen molar-refractivity contribution in [2.45, 2.75) is 38.3 Å². The Morgan fingerprint density at radius 1 is 1.32 bits per heavy atom. The molecule has 3 nitrogen and oxygen atoms in total. The molecule has 2 aromatic rings. The van der Waals surface area contributed by atoms with E-state index < -0.39 is 0 Å². The van der Waals surface area contributed by atoms with Crippen LogP contribution in [-0.4, -0.2) is 22.9 Å². The Hall–Kier alpha value is -1.61. The molecule has 0 bridgehead atoms. The van der Waals surface area contributed by atoms with E-state index in [9.17, 15) is 4.79 Å². The number of hydrogen-bond donors (Lipinski definition) is 1. The lowest BCUT2D eigenvalue weighted by Gasteiger charge is -2.14. The zero-order valence-electron chi connectivity index (χ0n) is 11.0. The third-order valence-corrected chi connectivity index (χ3v) is 4.47. The van der Waals surface area contributed by atoms with Crippen molar-refractivity contribution >= 4 is 16.7 Å². The zero-order valence-corrected chi connectivity index (χ0v) is 11.0. The number of ketones is 1. The van der Waals surface area contributed by atoms with Gasteiger partial charge >= 0.3 is 0 Å². The molecule has 2 aliphatic rings. The molecule has 1 unspecified atom stereocenters. The van der Waals surface area contributed by atoms with Crippen LogP contribution in [0, 0.1) is 0 Å². The van der Waals surface area contributed by atoms with Crippen molar-refractivity contribution in [3.8, 4) is 0 Å². The van der Waals surface area contributed by atoms with Crippen molar-refractivity contribution in [1.82, 2.24) is 9.88 Å². The lowest BCUT2D eigenvalue weighted by molar-refractivity contribution is 0.0953. The second-order valence-electron chi connectivity index (χ2n) is 5.67. The molecule has 3 heterocycles. The zero-order chi connectivity index (χ0) is 12.8. The maximum absolute atomic E-state index is 12.6. The molecule has 0 radical (unpaired) electrons. The summed E-state index contributed by atoms with van der Waals surface area (Å²) in [5.41, 5.74) is 3.59. The van der Waals surface area contributed by atoms with Crippen LogP contribution in [0.5, 0.6) is 0 Å². The molecule has 3 heteroatoms. The van der Waals surface area contributed by atoms with Crippen molar-refractivity contribution in [2.75, 3.05) is 6.54 Å². The summed E-state index contributed by atoms with van der Waals surface area (Å²) in [5, 5.41) is 4.47. The van der Waals surface area contributed by atoms with Gasteiger partial charge in [0.1, 0.15) is 0 Å². The quantitative estimate of drug-likeness (QED) is 0.836. The summed E-state index contributed by atoms with van der Waals surface area (Å²) >= 11 is 0. The number of hydrogen-bond acceptors (Lipinski definition) is 2. The summed E-state index contributed by atoms with van der Waals surface area (Å²) in [6.45, 7) is 2.01. The topological polar surface area (TPSA) is 34.0 Å². The largest absolute Gasteiger partial charge is 0.346 e. The van der Waals surface area contributed by atoms with Crippen molar-refractivity contribution in [2.24, 2.45) is 0 Å². The van der Waals surface area contributed by atoms with Crippen molar-refractivity contribution in [3.05, 3.63) is 35.5 Å². The van der Waals surface area contributed by atoms with E-state index in [2.05, 4.69) is 34.3 Å². The van der Waals surface area contributed by atoms with Crippen molar-refractivity contribution < 1.29 is 4.79 Å². The van der Waals surface area contributed by atoms with Crippen LogP contribution in [0.15, 0.2) is 24.4 Å². The summed E-state index contributed by atoms with van der Waals surface area (Å²) < 4.78 is 2.27. The van der Waals surface area contributed by atoms with Gasteiger partial charge in [-0.15, -0.1) is 0 Å². The van der Waals surface area contributed by atoms with Gasteiger partial charge in [0.2, 0.25) is 0 Å². The molecular formula is C16H18N2O. The van der Waals surface area contributed by atoms with Gasteiger partial charge in [-0.1, -0.05) is 18.2 Å². The molecule has 1 aromatic heterocycles. The number of nitrogens with one attached hydrogen (secondary N) is 1. The predicted octanol–water partition coefficient (Wildman–Crippen LogP) is 2.52. The minimum Gasteiger partial charge on any atom is -0.346 e. The van der Waals surface area contributed by atoms with E-state index in [4.69, 9.17) is 0 Å². The average Bonchev–Trinajstić information content (AvgIpc) is 3.08. The predicted molar refractivity (Wildman–Crippen MR) is 75.6 cm³/mol. The number of rotatable bonds is 2. The monoisotopic (exact) mass is 254 g/mol. The fraction of sp³-hybridized carbons (Fsp3) is 0.438. The van der Waals surface area contributed by atoms with Gasteiger partial charge < -0.3 is 9.88 Å². The Balaban J connectivity index is 1.87. The third kappa shape index (κ3) is 1.65. The van der Waals surface area contributed by atoms with E-state index in [0.717, 1.165) is 43.3 Å². The van der Waals surface area contributed by atoms with Gasteiger partial charge in [0, 0.05) is 23.7 Å². The Labute approximate surface area is 112 Å². The van der Waals surface area contributed by atoms with Crippen LogP contribution in [0.1, 0.15) is 35.2 Å². The first-order valence-electron chi connectivity index (χ1n) is 7.23. The minimum absolute atomic E-state index is 0.0310. The number of para-hydroxylation sites is 1. The third-order valence-electron chi connectivity index (χ3n) is 4.47. The fourth-order valence-corrected chi connectivity index (χ4v) is 3.55. The van der Waals surface area contributed by atoms with E-state index in [1.54, 1.807) is 0 Å². The number of nitrogens with zero attached hydrogens (tertiary/aromatic N) is 1. The van der Waals surface area contributed by atoms with E-state index in [1.165, 1.54) is 17.5 Å². The molecule has 1 fully saturated rings. The molecule has 0 spiro atoms. The van der Waals surface area contributed by atoms with Crippen molar-refractivity contribution in [3.63, 3.8) is 0 Å². The number of carbonyl (C=O) groups excluding carboxylic acids is 1. The maximum Gasteiger partial charge on any atom is 0.181 e. The van der Waals surface area contributed by atoms with E-state index in [1.807, 2.05) is 0 Å². The second kappa shape index (κ2) is 4.20. The lowest BCUT2D eigenvalue weighted by Crippen LogP contribution is -2.30. The molecule has 2 aliphatic heterocycles. The summed E-state index contributed by atoms with van der Waals surface area (Å²) in [4.78, 5) is 12.6. The highest BCUT2D eigenvalue weighted by Crippen LogP contribution is 2.30. The molecule has 19 heavy (non-hydrogen) atoms. The molecule has 1 N–H and O–H groups in total. The van der Waals surface area contributed by atoms with Crippen LogP contribution in [0.4, 0.5) is 0 Å². The standard InChI is InChI=1S/C16H18N2O/c19-16(14-7-2-8-17-14)13-10-18-9-3-5-11-4-1-6-12(13)15(11)18/h1,4,6,10,14,17H,2-3,5,7-9H2. The molecule has 0 saturated carbocycles. The molecular weight excluding hydrogens is 236 g/mol. The van der Waals surface area contributed by atoms with Crippen LogP contribution >= 0.6 is 0 Å². The van der Waals surface area contributed by atoms with Crippen LogP contribution < -0.4 is 5.32 Å². The number of benzene rings is 1. The molecule has 1 atom stereocenters. The number of aromatic nitrogens is 1. The highest BCUT2D eigenvalue weighted by Gasteiger charge is 2.27. The van der Waals surface area contributed by atoms with Crippen LogP contribution in [0.2, 0.25) is 0 Å². The molecule has 4 rings (SSSR count). The maximum atomic E-state index is 12.6. The normalized spacial score (nSPS) is 22.0. The van der Waals surface area contributed by atoms with Gasteiger partial charge in [-0.2, -0.15) is 0 Å². The summed E-state index contributed by atoms with van der Waals surface area (Å²) in [6, 6.07) is 6.41. The van der Waals surface area contributed by atoms with Crippen LogP contribution in [0.25, 0.3) is 10.9 Å². The summed E-state index contributed by atoms with van der Waals surface area (Å²) in [5.74, 6) is 0.278. The molecule has 0 aliphatic carbocycles. The van der Waals surface area contributed by atoms with Gasteiger partial charge in [-0.3, -0.25) is 4.79 Å². The van der Waals surface area contributed by atoms with Crippen LogP contribution in [-0.2, 0) is 13.0 Å². The van der Waals surface area contributed by atoms with Crippen molar-refractivity contribution in [1.29, 1.82) is 0 Å². The number of Topliss-reactive ketones (excluding diaryl/α,β-unsaturated/α-hetero) is 1. The summed E-state index contributed by atoms with van der Waals surface area (Å²) in [6.07, 6.45) is 6.48. The Morgan fingerprint density at radius 3 is 3.11 bits per heavy atom. The molecule has 98 valence electrons. The van der Waals surface area contributed by atoms with Gasteiger partial charge in [-0.25, -0.2) is 0 Å². The highest BCUT2D eigenvalue weighted by molar-refractivity contribution is 6.11. The van der Waals surface area contributed by atoms with E-state index >= 15 is 0 Å². The smallest absolute Gasteiger partial charge is 0.181 e. The lowest BCUT2D eigenvalue weighted by atomic mass is 9.99. The summed E-state index contributed by atoms with van der Waals surface area (Å²) in [7, 11) is 0. The minimum atomic E-state index is 0.0310. The Morgan fingerprint density at radius 2 is 2.26 bits per heavy atom. The van der Waals surface area contributed by atoms with Crippen LogP contribution in [0.3, 0.4) is 0 Å². The number of carbonyl (C=O) groups is 1. The van der Waals surface area contributed by atoms with Gasteiger partial charge in [0.15, 0.2) is 5.78 Å². The van der Waals surface area contributed by atoms with Gasteiger partial charge in [-0.05, 0) is 37.8 Å². The number of aryl methyl sites for hydroxylation is 2. The average molecular weight is 254 g/mol. The molecule has 1 saturated heterocycles. The molecule has 1 aromatic carbocycles. The Bertz CT molecular complexity index is 650. The SMILES string of the molecule is O=C(c1cn2c3c(cccc13)CCC2)C1CCCN1. The van der Waals surface area contributed by atoms with Gasteiger partial charge in [0.05, 0.1) is 11.6 Å². The van der Waals surface area contributed by atoms with E-state index in [0.29, 0.717) is 0 Å². The first-order chi connectivity index (χ1) is 9.34. The first kappa shape index (κ1) is 11.2. The molecule has 0 amide bonds. The highest BCUT2D eigenvalue weighted by atomic mass is 16.1. The van der Waals surface area contributed by atoms with E-state index in [-0.39, 0.29) is 11.8 Å².